The van der Waals surface area contributed by atoms with E-state index in [9.17, 15) is 9.90 Å². The number of H-pyrrole nitrogens is 1. The minimum absolute atomic E-state index is 0.518. The van der Waals surface area contributed by atoms with Crippen molar-refractivity contribution < 1.29 is 19.4 Å². The Balaban J connectivity index is 1.46. The van der Waals surface area contributed by atoms with Crippen molar-refractivity contribution in [2.75, 3.05) is 20.8 Å². The minimum atomic E-state index is -0.885. The Bertz CT molecular complexity index is 1350. The van der Waals surface area contributed by atoms with Gasteiger partial charge in [0.1, 0.15) is 11.0 Å². The summed E-state index contributed by atoms with van der Waals surface area (Å²) in [6.07, 6.45) is 2.46. The number of aliphatic carboxylic acids is 1. The SMILES string of the molecule is COc1ccc(-c2nc3c(s2)CN([C@@H](C(=O)O)c2c[nH]c4ccc(Cl)cc24)CC3)cc1OC. The highest BCUT2D eigenvalue weighted by atomic mass is 35.5. The van der Waals surface area contributed by atoms with Crippen molar-refractivity contribution in [1.82, 2.24) is 14.9 Å². The molecule has 3 heterocycles. The third-order valence-corrected chi connectivity index (χ3v) is 7.33. The summed E-state index contributed by atoms with van der Waals surface area (Å²) in [6, 6.07) is 10.4. The second-order valence-electron chi connectivity index (χ2n) is 7.85. The van der Waals surface area contributed by atoms with E-state index in [1.807, 2.05) is 35.2 Å². The van der Waals surface area contributed by atoms with Crippen LogP contribution in [0.5, 0.6) is 11.5 Å². The molecule has 0 amide bonds. The highest BCUT2D eigenvalue weighted by Crippen LogP contribution is 2.39. The van der Waals surface area contributed by atoms with Crippen LogP contribution in [0, 0.1) is 0 Å². The van der Waals surface area contributed by atoms with Crippen LogP contribution in [-0.4, -0.2) is 46.7 Å². The number of fused-ring (bicyclic) bond motifs is 2. The normalized spacial score (nSPS) is 14.8. The van der Waals surface area contributed by atoms with E-state index in [4.69, 9.17) is 26.1 Å². The molecule has 0 aliphatic carbocycles. The monoisotopic (exact) mass is 483 g/mol. The van der Waals surface area contributed by atoms with Gasteiger partial charge >= 0.3 is 5.97 Å². The summed E-state index contributed by atoms with van der Waals surface area (Å²) in [5.74, 6) is 0.426. The molecule has 7 nitrogen and oxygen atoms in total. The minimum Gasteiger partial charge on any atom is -0.493 e. The van der Waals surface area contributed by atoms with E-state index in [0.717, 1.165) is 32.0 Å². The number of ether oxygens (including phenoxy) is 2. The van der Waals surface area contributed by atoms with Crippen molar-refractivity contribution in [3.8, 4) is 22.1 Å². The Hall–Kier alpha value is -3.07. The zero-order valence-corrected chi connectivity index (χ0v) is 19.7. The van der Waals surface area contributed by atoms with Crippen LogP contribution in [0.3, 0.4) is 0 Å². The molecule has 1 aliphatic heterocycles. The van der Waals surface area contributed by atoms with Crippen LogP contribution < -0.4 is 9.47 Å². The Morgan fingerprint density at radius 1 is 1.21 bits per heavy atom. The fourth-order valence-electron chi connectivity index (χ4n) is 4.35. The Morgan fingerprint density at radius 3 is 2.79 bits per heavy atom. The molecule has 2 aromatic heterocycles. The van der Waals surface area contributed by atoms with Gasteiger partial charge in [0.2, 0.25) is 0 Å². The van der Waals surface area contributed by atoms with E-state index in [-0.39, 0.29) is 0 Å². The highest BCUT2D eigenvalue weighted by molar-refractivity contribution is 7.15. The summed E-state index contributed by atoms with van der Waals surface area (Å²) in [5.41, 5.74) is 3.55. The van der Waals surface area contributed by atoms with Gasteiger partial charge in [-0.1, -0.05) is 11.6 Å². The number of benzene rings is 2. The maximum absolute atomic E-state index is 12.4. The first-order valence-electron chi connectivity index (χ1n) is 10.4. The van der Waals surface area contributed by atoms with Crippen molar-refractivity contribution in [2.45, 2.75) is 19.0 Å². The second kappa shape index (κ2) is 8.70. The molecular formula is C24H22ClN3O4S. The van der Waals surface area contributed by atoms with Crippen molar-refractivity contribution in [2.24, 2.45) is 0 Å². The van der Waals surface area contributed by atoms with Gasteiger partial charge in [-0.05, 0) is 36.4 Å². The predicted molar refractivity (Wildman–Crippen MR) is 128 cm³/mol. The number of carboxylic acids is 1. The van der Waals surface area contributed by atoms with Crippen LogP contribution in [0.1, 0.15) is 22.2 Å². The zero-order valence-electron chi connectivity index (χ0n) is 18.1. The lowest BCUT2D eigenvalue weighted by molar-refractivity contribution is -0.144. The molecule has 33 heavy (non-hydrogen) atoms. The van der Waals surface area contributed by atoms with Gasteiger partial charge in [0.05, 0.1) is 19.9 Å². The van der Waals surface area contributed by atoms with Gasteiger partial charge < -0.3 is 19.6 Å². The van der Waals surface area contributed by atoms with Gasteiger partial charge in [-0.15, -0.1) is 11.3 Å². The van der Waals surface area contributed by atoms with Gasteiger partial charge in [0.15, 0.2) is 11.5 Å². The summed E-state index contributed by atoms with van der Waals surface area (Å²) in [6.45, 7) is 1.12. The number of hydrogen-bond acceptors (Lipinski definition) is 6. The molecule has 2 N–H and O–H groups in total. The Kier molecular flexibility index (Phi) is 5.74. The Morgan fingerprint density at radius 2 is 2.03 bits per heavy atom. The van der Waals surface area contributed by atoms with E-state index in [1.165, 1.54) is 0 Å². The predicted octanol–water partition coefficient (Wildman–Crippen LogP) is 5.15. The molecule has 9 heteroatoms. The quantitative estimate of drug-likeness (QED) is 0.394. The highest BCUT2D eigenvalue weighted by Gasteiger charge is 2.33. The first-order chi connectivity index (χ1) is 16.0. The number of hydrogen-bond donors (Lipinski definition) is 2. The molecule has 170 valence electrons. The fraction of sp³-hybridized carbons (Fsp3) is 0.250. The van der Waals surface area contributed by atoms with Gasteiger partial charge in [-0.3, -0.25) is 9.69 Å². The molecule has 0 unspecified atom stereocenters. The number of nitrogens with one attached hydrogen (secondary N) is 1. The Labute approximate surface area is 199 Å². The first-order valence-corrected chi connectivity index (χ1v) is 11.6. The van der Waals surface area contributed by atoms with Gasteiger partial charge in [0, 0.05) is 57.6 Å². The molecule has 0 bridgehead atoms. The number of methoxy groups -OCH3 is 2. The van der Waals surface area contributed by atoms with E-state index < -0.39 is 12.0 Å². The summed E-state index contributed by atoms with van der Waals surface area (Å²) in [5, 5.41) is 12.4. The number of carboxylic acid groups (broad SMARTS) is 1. The van der Waals surface area contributed by atoms with Crippen molar-refractivity contribution in [3.05, 3.63) is 63.8 Å². The zero-order chi connectivity index (χ0) is 23.1. The molecule has 4 aromatic rings. The number of aromatic amines is 1. The number of nitrogens with zero attached hydrogens (tertiary/aromatic N) is 2. The van der Waals surface area contributed by atoms with Crippen molar-refractivity contribution >= 4 is 39.8 Å². The molecule has 1 aliphatic rings. The van der Waals surface area contributed by atoms with Crippen LogP contribution in [0.2, 0.25) is 5.02 Å². The first kappa shape index (κ1) is 21.8. The van der Waals surface area contributed by atoms with Crippen LogP contribution in [-0.2, 0) is 17.8 Å². The van der Waals surface area contributed by atoms with Crippen LogP contribution in [0.4, 0.5) is 0 Å². The molecule has 0 saturated carbocycles. The van der Waals surface area contributed by atoms with E-state index >= 15 is 0 Å². The third kappa shape index (κ3) is 3.94. The lowest BCUT2D eigenvalue weighted by Gasteiger charge is -2.31. The van der Waals surface area contributed by atoms with E-state index in [1.54, 1.807) is 37.8 Å². The number of halogens is 1. The van der Waals surface area contributed by atoms with E-state index in [0.29, 0.717) is 41.6 Å². The number of rotatable bonds is 6. The van der Waals surface area contributed by atoms with Crippen LogP contribution in [0.25, 0.3) is 21.5 Å². The summed E-state index contributed by atoms with van der Waals surface area (Å²) in [4.78, 5) is 23.5. The molecule has 0 saturated heterocycles. The third-order valence-electron chi connectivity index (χ3n) is 5.96. The van der Waals surface area contributed by atoms with Gasteiger partial charge in [0.25, 0.3) is 0 Å². The number of thiazole rings is 1. The van der Waals surface area contributed by atoms with E-state index in [2.05, 4.69) is 4.98 Å². The maximum atomic E-state index is 12.4. The smallest absolute Gasteiger partial charge is 0.325 e. The average molecular weight is 484 g/mol. The fourth-order valence-corrected chi connectivity index (χ4v) is 5.66. The number of carbonyl (C=O) groups is 1. The second-order valence-corrected chi connectivity index (χ2v) is 9.37. The molecule has 0 fully saturated rings. The average Bonchev–Trinajstić information content (AvgIpc) is 3.42. The van der Waals surface area contributed by atoms with Crippen LogP contribution in [0.15, 0.2) is 42.6 Å². The lowest BCUT2D eigenvalue weighted by Crippen LogP contribution is -2.37. The van der Waals surface area contributed by atoms with Gasteiger partial charge in [-0.25, -0.2) is 4.98 Å². The molecule has 5 rings (SSSR count). The maximum Gasteiger partial charge on any atom is 0.325 e. The summed E-state index contributed by atoms with van der Waals surface area (Å²) < 4.78 is 10.8. The standard InChI is InChI=1S/C24H22ClN3O4S/c1-31-19-6-3-13(9-20(19)32-2)23-27-18-7-8-28(12-21(18)33-23)22(24(29)30)16-11-26-17-5-4-14(25)10-15(16)17/h3-6,9-11,22,26H,7-8,12H2,1-2H3,(H,29,30)/t22-/m1/s1. The van der Waals surface area contributed by atoms with Gasteiger partial charge in [-0.2, -0.15) is 0 Å². The van der Waals surface area contributed by atoms with Crippen LogP contribution >= 0.6 is 22.9 Å². The molecule has 0 spiro atoms. The molecule has 2 aromatic carbocycles. The topological polar surface area (TPSA) is 87.7 Å². The molecule has 0 radical (unpaired) electrons. The molecular weight excluding hydrogens is 462 g/mol. The van der Waals surface area contributed by atoms with Crippen molar-refractivity contribution in [3.63, 3.8) is 0 Å². The summed E-state index contributed by atoms with van der Waals surface area (Å²) >= 11 is 7.77. The van der Waals surface area contributed by atoms with Crippen molar-refractivity contribution in [1.29, 1.82) is 0 Å². The molecule has 1 atom stereocenters. The lowest BCUT2D eigenvalue weighted by atomic mass is 10.0. The largest absolute Gasteiger partial charge is 0.493 e. The summed E-state index contributed by atoms with van der Waals surface area (Å²) in [7, 11) is 3.21. The number of aromatic nitrogens is 2.